The molecule has 0 spiro atoms. The number of nitrogens with one attached hydrogen (secondary N) is 2. The number of hydrogen-bond acceptors (Lipinski definition) is 4. The number of aromatic nitrogens is 2. The number of aryl methyl sites for hydroxylation is 2. The Morgan fingerprint density at radius 1 is 0.727 bits per heavy atom. The van der Waals surface area contributed by atoms with Crippen molar-refractivity contribution in [3.63, 3.8) is 0 Å². The first-order valence-electron chi connectivity index (χ1n) is 10.9. The quantitative estimate of drug-likeness (QED) is 0.333. The first kappa shape index (κ1) is 20.5. The molecule has 2 aromatic heterocycles. The second-order valence-corrected chi connectivity index (χ2v) is 8.07. The maximum Gasteiger partial charge on any atom is 0.193 e. The van der Waals surface area contributed by atoms with Gasteiger partial charge in [-0.3, -0.25) is 9.36 Å². The van der Waals surface area contributed by atoms with Crippen molar-refractivity contribution < 1.29 is 0 Å². The van der Waals surface area contributed by atoms with Gasteiger partial charge < -0.3 is 10.6 Å². The molecule has 0 aliphatic carbocycles. The molecule has 0 bridgehead atoms. The zero-order valence-corrected chi connectivity index (χ0v) is 18.5. The van der Waals surface area contributed by atoms with Crippen LogP contribution in [-0.4, -0.2) is 9.55 Å². The van der Waals surface area contributed by atoms with Crippen molar-refractivity contribution in [1.82, 2.24) is 9.55 Å². The van der Waals surface area contributed by atoms with E-state index >= 15 is 0 Å². The third-order valence-electron chi connectivity index (χ3n) is 5.52. The van der Waals surface area contributed by atoms with Crippen LogP contribution < -0.4 is 16.1 Å². The lowest BCUT2D eigenvalue weighted by atomic mass is 10.1. The number of benzene rings is 3. The van der Waals surface area contributed by atoms with E-state index < -0.39 is 0 Å². The van der Waals surface area contributed by atoms with Gasteiger partial charge in [0.25, 0.3) is 0 Å². The molecule has 0 radical (unpaired) electrons. The summed E-state index contributed by atoms with van der Waals surface area (Å²) < 4.78 is 2.00. The minimum absolute atomic E-state index is 0.0669. The molecule has 0 amide bonds. The Morgan fingerprint density at radius 2 is 1.42 bits per heavy atom. The van der Waals surface area contributed by atoms with Gasteiger partial charge in [0.2, 0.25) is 0 Å². The van der Waals surface area contributed by atoms with Crippen molar-refractivity contribution in [2.24, 2.45) is 0 Å². The van der Waals surface area contributed by atoms with E-state index in [4.69, 9.17) is 4.98 Å². The van der Waals surface area contributed by atoms with Crippen molar-refractivity contribution >= 4 is 34.0 Å². The third-order valence-corrected chi connectivity index (χ3v) is 5.52. The molecular formula is C28H24N4O. The first-order chi connectivity index (χ1) is 16.1. The maximum absolute atomic E-state index is 13.2. The molecule has 0 fully saturated rings. The molecule has 0 unspecified atom stereocenters. The van der Waals surface area contributed by atoms with Crippen LogP contribution in [0.2, 0.25) is 0 Å². The first-order valence-corrected chi connectivity index (χ1v) is 10.9. The lowest BCUT2D eigenvalue weighted by molar-refractivity contribution is 1.07. The molecule has 2 heterocycles. The molecule has 0 aliphatic heterocycles. The molecule has 2 N–H and O–H groups in total. The maximum atomic E-state index is 13.2. The topological polar surface area (TPSA) is 59.0 Å². The highest BCUT2D eigenvalue weighted by Crippen LogP contribution is 2.28. The van der Waals surface area contributed by atoms with Gasteiger partial charge in [0.05, 0.1) is 5.39 Å². The fraction of sp³-hybridized carbons (Fsp3) is 0.0714. The number of rotatable bonds is 5. The SMILES string of the molecule is Cc1cccc(Nc2cc(C)c3c(=O)cc(Nc4ccccc4)n(-c4ccccc4)c3n2)c1. The predicted octanol–water partition coefficient (Wildman–Crippen LogP) is 6.49. The predicted molar refractivity (Wildman–Crippen MR) is 136 cm³/mol. The molecule has 0 saturated heterocycles. The van der Waals surface area contributed by atoms with Crippen LogP contribution in [0.25, 0.3) is 16.7 Å². The normalized spacial score (nSPS) is 10.8. The minimum atomic E-state index is -0.0669. The molecule has 3 aromatic carbocycles. The fourth-order valence-corrected chi connectivity index (χ4v) is 4.03. The standard InChI is InChI=1S/C28H24N4O/c1-19-10-9-13-22(16-19)29-25-17-20(2)27-24(33)18-26(30-21-11-5-3-6-12-21)32(28(27)31-25)23-14-7-4-8-15-23/h3-18,30H,1-2H3,(H,29,31). The number of anilines is 4. The minimum Gasteiger partial charge on any atom is -0.341 e. The van der Waals surface area contributed by atoms with Crippen LogP contribution >= 0.6 is 0 Å². The molecule has 162 valence electrons. The van der Waals surface area contributed by atoms with Crippen LogP contribution in [0.4, 0.5) is 23.0 Å². The molecule has 5 heteroatoms. The highest BCUT2D eigenvalue weighted by Gasteiger charge is 2.16. The fourth-order valence-electron chi connectivity index (χ4n) is 4.03. The number of nitrogens with zero attached hydrogens (tertiary/aromatic N) is 2. The van der Waals surface area contributed by atoms with Crippen LogP contribution in [0, 0.1) is 13.8 Å². The van der Waals surface area contributed by atoms with Crippen molar-refractivity contribution in [3.05, 3.63) is 118 Å². The van der Waals surface area contributed by atoms with Crippen LogP contribution in [0.5, 0.6) is 0 Å². The average molecular weight is 433 g/mol. The Kier molecular flexibility index (Phi) is 5.37. The van der Waals surface area contributed by atoms with Crippen molar-refractivity contribution in [3.8, 4) is 5.69 Å². The van der Waals surface area contributed by atoms with Crippen molar-refractivity contribution in [2.45, 2.75) is 13.8 Å². The monoisotopic (exact) mass is 432 g/mol. The molecule has 5 aromatic rings. The van der Waals surface area contributed by atoms with Crippen molar-refractivity contribution in [1.29, 1.82) is 0 Å². The molecule has 5 rings (SSSR count). The molecule has 0 aliphatic rings. The van der Waals surface area contributed by atoms with Gasteiger partial charge in [0, 0.05) is 23.1 Å². The van der Waals surface area contributed by atoms with Crippen LogP contribution in [0.15, 0.2) is 102 Å². The van der Waals surface area contributed by atoms with Gasteiger partial charge in [-0.2, -0.15) is 0 Å². The number of hydrogen-bond donors (Lipinski definition) is 2. The van der Waals surface area contributed by atoms with Gasteiger partial charge in [0.15, 0.2) is 11.1 Å². The largest absolute Gasteiger partial charge is 0.341 e. The van der Waals surface area contributed by atoms with Crippen LogP contribution in [-0.2, 0) is 0 Å². The van der Waals surface area contributed by atoms with Gasteiger partial charge in [0.1, 0.15) is 11.6 Å². The van der Waals surface area contributed by atoms with Gasteiger partial charge in [-0.05, 0) is 67.4 Å². The van der Waals surface area contributed by atoms with E-state index in [1.807, 2.05) is 90.4 Å². The third kappa shape index (κ3) is 4.21. The van der Waals surface area contributed by atoms with E-state index in [0.29, 0.717) is 22.7 Å². The lowest BCUT2D eigenvalue weighted by Gasteiger charge is -2.19. The second kappa shape index (κ2) is 8.63. The Bertz CT molecular complexity index is 1490. The zero-order chi connectivity index (χ0) is 22.8. The van der Waals surface area contributed by atoms with Crippen LogP contribution in [0.3, 0.4) is 0 Å². The highest BCUT2D eigenvalue weighted by molar-refractivity contribution is 5.85. The molecule has 0 saturated carbocycles. The smallest absolute Gasteiger partial charge is 0.193 e. The lowest BCUT2D eigenvalue weighted by Crippen LogP contribution is -2.15. The summed E-state index contributed by atoms with van der Waals surface area (Å²) >= 11 is 0. The summed E-state index contributed by atoms with van der Waals surface area (Å²) in [5.74, 6) is 1.34. The van der Waals surface area contributed by atoms with E-state index in [9.17, 15) is 4.79 Å². The molecule has 33 heavy (non-hydrogen) atoms. The van der Waals surface area contributed by atoms with Gasteiger partial charge in [-0.25, -0.2) is 4.98 Å². The van der Waals surface area contributed by atoms with E-state index in [0.717, 1.165) is 28.2 Å². The van der Waals surface area contributed by atoms with E-state index in [-0.39, 0.29) is 5.43 Å². The van der Waals surface area contributed by atoms with E-state index in [1.54, 1.807) is 6.07 Å². The van der Waals surface area contributed by atoms with E-state index in [1.165, 1.54) is 0 Å². The van der Waals surface area contributed by atoms with Crippen LogP contribution in [0.1, 0.15) is 11.1 Å². The second-order valence-electron chi connectivity index (χ2n) is 8.07. The van der Waals surface area contributed by atoms with Crippen molar-refractivity contribution in [2.75, 3.05) is 10.6 Å². The Hall–Kier alpha value is -4.38. The summed E-state index contributed by atoms with van der Waals surface area (Å²) in [5, 5.41) is 7.40. The summed E-state index contributed by atoms with van der Waals surface area (Å²) in [7, 11) is 0. The molecule has 0 atom stereocenters. The van der Waals surface area contributed by atoms with Gasteiger partial charge in [-0.1, -0.05) is 48.5 Å². The van der Waals surface area contributed by atoms with Gasteiger partial charge in [-0.15, -0.1) is 0 Å². The molecular weight excluding hydrogens is 408 g/mol. The van der Waals surface area contributed by atoms with E-state index in [2.05, 4.69) is 29.7 Å². The number of fused-ring (bicyclic) bond motifs is 1. The number of pyridine rings is 2. The Labute approximate surface area is 192 Å². The summed E-state index contributed by atoms with van der Waals surface area (Å²) in [6.07, 6.45) is 0. The Balaban J connectivity index is 1.74. The average Bonchev–Trinajstić information content (AvgIpc) is 2.80. The summed E-state index contributed by atoms with van der Waals surface area (Å²) in [6, 6.07) is 31.5. The summed E-state index contributed by atoms with van der Waals surface area (Å²) in [4.78, 5) is 18.1. The zero-order valence-electron chi connectivity index (χ0n) is 18.5. The van der Waals surface area contributed by atoms with Gasteiger partial charge >= 0.3 is 0 Å². The summed E-state index contributed by atoms with van der Waals surface area (Å²) in [5.41, 5.74) is 5.33. The molecule has 5 nitrogen and oxygen atoms in total. The highest BCUT2D eigenvalue weighted by atomic mass is 16.1. The summed E-state index contributed by atoms with van der Waals surface area (Å²) in [6.45, 7) is 4.01. The Morgan fingerprint density at radius 3 is 2.15 bits per heavy atom. The number of para-hydroxylation sites is 2.